The Morgan fingerprint density at radius 3 is 2.11 bits per heavy atom. The Balaban J connectivity index is 2.86. The first-order valence-corrected chi connectivity index (χ1v) is 16.6. The van der Waals surface area contributed by atoms with Crippen LogP contribution in [0.3, 0.4) is 0 Å². The minimum Gasteiger partial charge on any atom is -0.503 e. The highest BCUT2D eigenvalue weighted by atomic mass is 28.4. The molecule has 0 bridgehead atoms. The van der Waals surface area contributed by atoms with E-state index in [9.17, 15) is 4.79 Å². The molecule has 0 aliphatic heterocycles. The van der Waals surface area contributed by atoms with Crippen molar-refractivity contribution in [2.75, 3.05) is 11.4 Å². The summed E-state index contributed by atoms with van der Waals surface area (Å²) in [6, 6.07) is 13.9. The lowest BCUT2D eigenvalue weighted by Gasteiger charge is -2.32. The summed E-state index contributed by atoms with van der Waals surface area (Å²) in [5.74, 6) is 0. The van der Waals surface area contributed by atoms with E-state index < -0.39 is 16.6 Å². The first-order valence-electron chi connectivity index (χ1n) is 11.0. The zero-order chi connectivity index (χ0) is 21.2. The SMILES string of the molecule is CCC(C)O[Si](C)(C)CCCN(C(=O)O[Si](CC)(CC)CC)c1ccccc1. The van der Waals surface area contributed by atoms with Gasteiger partial charge in [-0.05, 0) is 69.2 Å². The maximum Gasteiger partial charge on any atom is 0.400 e. The van der Waals surface area contributed by atoms with Gasteiger partial charge in [-0.25, -0.2) is 4.79 Å². The number of anilines is 1. The molecule has 28 heavy (non-hydrogen) atoms. The van der Waals surface area contributed by atoms with E-state index in [-0.39, 0.29) is 6.09 Å². The van der Waals surface area contributed by atoms with Crippen LogP contribution in [-0.4, -0.2) is 35.4 Å². The molecule has 0 radical (unpaired) electrons. The van der Waals surface area contributed by atoms with Crippen LogP contribution in [0.1, 0.15) is 47.5 Å². The predicted molar refractivity (Wildman–Crippen MR) is 125 cm³/mol. The molecule has 0 fully saturated rings. The monoisotopic (exact) mass is 423 g/mol. The first-order chi connectivity index (χ1) is 13.2. The van der Waals surface area contributed by atoms with E-state index >= 15 is 0 Å². The summed E-state index contributed by atoms with van der Waals surface area (Å²) in [6.07, 6.45) is 2.10. The predicted octanol–water partition coefficient (Wildman–Crippen LogP) is 7.05. The van der Waals surface area contributed by atoms with Gasteiger partial charge in [0.1, 0.15) is 0 Å². The van der Waals surface area contributed by atoms with Crippen LogP contribution in [0.15, 0.2) is 30.3 Å². The topological polar surface area (TPSA) is 38.8 Å². The fourth-order valence-electron chi connectivity index (χ4n) is 3.49. The van der Waals surface area contributed by atoms with Crippen LogP contribution >= 0.6 is 0 Å². The minimum atomic E-state index is -1.99. The van der Waals surface area contributed by atoms with E-state index in [2.05, 4.69) is 47.7 Å². The molecular weight excluding hydrogens is 382 g/mol. The molecule has 6 heteroatoms. The molecule has 1 atom stereocenters. The van der Waals surface area contributed by atoms with Crippen molar-refractivity contribution in [3.63, 3.8) is 0 Å². The van der Waals surface area contributed by atoms with Crippen LogP contribution in [0.2, 0.25) is 37.3 Å². The molecular formula is C22H41NO3Si2. The number of para-hydroxylation sites is 1. The standard InChI is InChI=1S/C22H41NO3Si2/c1-8-20(5)25-27(6,7)19-15-18-23(21-16-13-12-14-17-21)22(24)26-28(9-2,10-3)11-4/h12-14,16-17,20H,8-11,15,18-19H2,1-7H3. The Morgan fingerprint density at radius 1 is 1.04 bits per heavy atom. The molecule has 0 heterocycles. The molecule has 0 spiro atoms. The van der Waals surface area contributed by atoms with Gasteiger partial charge in [0, 0.05) is 18.3 Å². The van der Waals surface area contributed by atoms with Gasteiger partial charge in [-0.15, -0.1) is 0 Å². The van der Waals surface area contributed by atoms with Crippen molar-refractivity contribution in [3.8, 4) is 0 Å². The average Bonchev–Trinajstić information content (AvgIpc) is 2.69. The zero-order valence-electron chi connectivity index (χ0n) is 19.1. The van der Waals surface area contributed by atoms with Crippen molar-refractivity contribution in [1.29, 1.82) is 0 Å². The van der Waals surface area contributed by atoms with Crippen molar-refractivity contribution in [2.45, 2.75) is 90.8 Å². The second-order valence-corrected chi connectivity index (χ2v) is 17.2. The van der Waals surface area contributed by atoms with Gasteiger partial charge in [-0.3, -0.25) is 4.90 Å². The number of nitrogens with zero attached hydrogens (tertiary/aromatic N) is 1. The molecule has 1 aromatic rings. The Bertz CT molecular complexity index is 568. The van der Waals surface area contributed by atoms with Crippen LogP contribution in [0.5, 0.6) is 0 Å². The summed E-state index contributed by atoms with van der Waals surface area (Å²) >= 11 is 0. The normalized spacial score (nSPS) is 13.2. The number of amides is 1. The van der Waals surface area contributed by atoms with Gasteiger partial charge in [0.15, 0.2) is 8.32 Å². The fourth-order valence-corrected chi connectivity index (χ4v) is 8.29. The van der Waals surface area contributed by atoms with Gasteiger partial charge in [0.25, 0.3) is 8.32 Å². The lowest BCUT2D eigenvalue weighted by molar-refractivity contribution is 0.202. The molecule has 1 rings (SSSR count). The van der Waals surface area contributed by atoms with Crippen molar-refractivity contribution in [1.82, 2.24) is 0 Å². The zero-order valence-corrected chi connectivity index (χ0v) is 21.1. The molecule has 0 aromatic heterocycles. The van der Waals surface area contributed by atoms with E-state index in [4.69, 9.17) is 8.85 Å². The number of carbonyl (C=O) groups is 1. The Kier molecular flexibility index (Phi) is 10.5. The van der Waals surface area contributed by atoms with Crippen LogP contribution in [0.4, 0.5) is 10.5 Å². The van der Waals surface area contributed by atoms with Gasteiger partial charge >= 0.3 is 6.09 Å². The molecule has 0 saturated carbocycles. The van der Waals surface area contributed by atoms with Crippen LogP contribution in [-0.2, 0) is 8.85 Å². The second kappa shape index (κ2) is 11.8. The van der Waals surface area contributed by atoms with Crippen molar-refractivity contribution in [2.24, 2.45) is 0 Å². The highest BCUT2D eigenvalue weighted by Crippen LogP contribution is 2.25. The Labute approximate surface area is 174 Å². The highest BCUT2D eigenvalue weighted by molar-refractivity contribution is 6.75. The number of hydrogen-bond acceptors (Lipinski definition) is 3. The van der Waals surface area contributed by atoms with Gasteiger partial charge in [0.2, 0.25) is 0 Å². The summed E-state index contributed by atoms with van der Waals surface area (Å²) in [6.45, 7) is 16.0. The summed E-state index contributed by atoms with van der Waals surface area (Å²) < 4.78 is 12.5. The van der Waals surface area contributed by atoms with Crippen molar-refractivity contribution < 1.29 is 13.6 Å². The molecule has 0 saturated heterocycles. The first kappa shape index (κ1) is 24.9. The lowest BCUT2D eigenvalue weighted by Crippen LogP contribution is -2.44. The molecule has 0 aliphatic rings. The van der Waals surface area contributed by atoms with Crippen LogP contribution in [0.25, 0.3) is 0 Å². The summed E-state index contributed by atoms with van der Waals surface area (Å²) in [5, 5.41) is 0. The van der Waals surface area contributed by atoms with Gasteiger partial charge < -0.3 is 8.85 Å². The molecule has 1 aromatic carbocycles. The molecule has 0 N–H and O–H groups in total. The Hall–Kier alpha value is -1.12. The van der Waals surface area contributed by atoms with E-state index in [0.29, 0.717) is 12.6 Å². The third-order valence-corrected chi connectivity index (χ3v) is 12.9. The van der Waals surface area contributed by atoms with Gasteiger partial charge in [-0.2, -0.15) is 0 Å². The van der Waals surface area contributed by atoms with Gasteiger partial charge in [-0.1, -0.05) is 45.9 Å². The molecule has 0 aliphatic carbocycles. The van der Waals surface area contributed by atoms with E-state index in [1.54, 1.807) is 0 Å². The van der Waals surface area contributed by atoms with E-state index in [0.717, 1.165) is 42.7 Å². The maximum absolute atomic E-state index is 13.1. The average molecular weight is 424 g/mol. The molecule has 1 amide bonds. The largest absolute Gasteiger partial charge is 0.503 e. The lowest BCUT2D eigenvalue weighted by atomic mass is 10.3. The minimum absolute atomic E-state index is 0.175. The van der Waals surface area contributed by atoms with Crippen molar-refractivity contribution >= 4 is 28.4 Å². The number of benzene rings is 1. The number of rotatable bonds is 12. The molecule has 1 unspecified atom stereocenters. The summed E-state index contributed by atoms with van der Waals surface area (Å²) in [7, 11) is -3.71. The highest BCUT2D eigenvalue weighted by Gasteiger charge is 2.35. The molecule has 160 valence electrons. The second-order valence-electron chi connectivity index (χ2n) is 8.30. The van der Waals surface area contributed by atoms with E-state index in [1.165, 1.54) is 0 Å². The summed E-state index contributed by atoms with van der Waals surface area (Å²) in [5.41, 5.74) is 0.918. The maximum atomic E-state index is 13.1. The molecule has 4 nitrogen and oxygen atoms in total. The van der Waals surface area contributed by atoms with Crippen LogP contribution < -0.4 is 4.90 Å². The summed E-state index contributed by atoms with van der Waals surface area (Å²) in [4.78, 5) is 15.0. The number of hydrogen-bond donors (Lipinski definition) is 0. The third kappa shape index (κ3) is 7.72. The number of carbonyl (C=O) groups excluding carboxylic acids is 1. The van der Waals surface area contributed by atoms with Crippen molar-refractivity contribution in [3.05, 3.63) is 30.3 Å². The van der Waals surface area contributed by atoms with Crippen LogP contribution in [0, 0.1) is 0 Å². The van der Waals surface area contributed by atoms with E-state index in [1.807, 2.05) is 35.2 Å². The fraction of sp³-hybridized carbons (Fsp3) is 0.682. The van der Waals surface area contributed by atoms with Gasteiger partial charge in [0.05, 0.1) is 0 Å². The smallest absolute Gasteiger partial charge is 0.400 e. The third-order valence-electron chi connectivity index (χ3n) is 5.78. The quantitative estimate of drug-likeness (QED) is 0.338. The Morgan fingerprint density at radius 2 is 1.61 bits per heavy atom.